The third-order valence-corrected chi connectivity index (χ3v) is 4.05. The van der Waals surface area contributed by atoms with Crippen LogP contribution < -0.4 is 15.2 Å². The summed E-state index contributed by atoms with van der Waals surface area (Å²) in [5.74, 6) is 1.70. The van der Waals surface area contributed by atoms with Gasteiger partial charge in [0, 0.05) is 11.6 Å². The van der Waals surface area contributed by atoms with E-state index in [-0.39, 0.29) is 12.4 Å². The average molecular weight is 302 g/mol. The van der Waals surface area contributed by atoms with Gasteiger partial charge in [-0.15, -0.1) is 12.4 Å². The van der Waals surface area contributed by atoms with Gasteiger partial charge in [-0.2, -0.15) is 0 Å². The lowest BCUT2D eigenvalue weighted by Crippen LogP contribution is -2.32. The standard InChI is InChI=1S/C15H23NO3.ClH/c1-18-11-7-8-12(13(9-11)19-2)14(16)15(17)10-5-3-4-6-10;/h7-10,14-15,17H,3-6,16H2,1-2H3;1H/t14-,15+;/m0./s1. The lowest BCUT2D eigenvalue weighted by atomic mass is 9.90. The van der Waals surface area contributed by atoms with Gasteiger partial charge in [-0.25, -0.2) is 0 Å². The summed E-state index contributed by atoms with van der Waals surface area (Å²) < 4.78 is 10.5. The molecule has 1 aromatic carbocycles. The van der Waals surface area contributed by atoms with Crippen LogP contribution in [0.5, 0.6) is 11.5 Å². The van der Waals surface area contributed by atoms with E-state index in [4.69, 9.17) is 15.2 Å². The van der Waals surface area contributed by atoms with Crippen molar-refractivity contribution < 1.29 is 14.6 Å². The molecule has 0 aliphatic heterocycles. The molecule has 114 valence electrons. The Morgan fingerprint density at radius 1 is 1.20 bits per heavy atom. The molecule has 2 atom stereocenters. The molecule has 0 amide bonds. The number of aliphatic hydroxyl groups is 1. The number of halogens is 1. The Balaban J connectivity index is 0.00000200. The van der Waals surface area contributed by atoms with Gasteiger partial charge < -0.3 is 20.3 Å². The summed E-state index contributed by atoms with van der Waals surface area (Å²) in [5, 5.41) is 10.4. The van der Waals surface area contributed by atoms with E-state index >= 15 is 0 Å². The van der Waals surface area contributed by atoms with Crippen molar-refractivity contribution in [2.75, 3.05) is 14.2 Å². The Labute approximate surface area is 126 Å². The van der Waals surface area contributed by atoms with Crippen molar-refractivity contribution in [3.8, 4) is 11.5 Å². The van der Waals surface area contributed by atoms with Crippen LogP contribution in [-0.4, -0.2) is 25.4 Å². The second-order valence-electron chi connectivity index (χ2n) is 5.17. The number of hydrogen-bond acceptors (Lipinski definition) is 4. The summed E-state index contributed by atoms with van der Waals surface area (Å²) in [6, 6.07) is 5.11. The van der Waals surface area contributed by atoms with Gasteiger partial charge in [0.05, 0.1) is 26.4 Å². The summed E-state index contributed by atoms with van der Waals surface area (Å²) in [7, 11) is 3.22. The van der Waals surface area contributed by atoms with E-state index in [1.165, 1.54) is 12.8 Å². The third-order valence-electron chi connectivity index (χ3n) is 4.05. The molecule has 2 rings (SSSR count). The highest BCUT2D eigenvalue weighted by Crippen LogP contribution is 2.36. The molecule has 3 N–H and O–H groups in total. The minimum absolute atomic E-state index is 0. The predicted molar refractivity (Wildman–Crippen MR) is 81.7 cm³/mol. The quantitative estimate of drug-likeness (QED) is 0.877. The Bertz CT molecular complexity index is 422. The minimum atomic E-state index is -0.509. The molecule has 0 unspecified atom stereocenters. The summed E-state index contributed by atoms with van der Waals surface area (Å²) in [4.78, 5) is 0. The van der Waals surface area contributed by atoms with Crippen LogP contribution in [0.3, 0.4) is 0 Å². The maximum absolute atomic E-state index is 10.4. The van der Waals surface area contributed by atoms with E-state index in [0.29, 0.717) is 11.7 Å². The van der Waals surface area contributed by atoms with Gasteiger partial charge in [-0.1, -0.05) is 12.8 Å². The van der Waals surface area contributed by atoms with Gasteiger partial charge in [-0.05, 0) is 30.9 Å². The lowest BCUT2D eigenvalue weighted by Gasteiger charge is -2.26. The van der Waals surface area contributed by atoms with E-state index in [0.717, 1.165) is 24.2 Å². The number of rotatable bonds is 5. The summed E-state index contributed by atoms with van der Waals surface area (Å²) >= 11 is 0. The van der Waals surface area contributed by atoms with Gasteiger partial charge in [0.2, 0.25) is 0 Å². The Kier molecular flexibility index (Phi) is 6.59. The topological polar surface area (TPSA) is 64.7 Å². The fourth-order valence-electron chi connectivity index (χ4n) is 2.87. The van der Waals surface area contributed by atoms with E-state index in [2.05, 4.69) is 0 Å². The number of ether oxygens (including phenoxy) is 2. The fraction of sp³-hybridized carbons (Fsp3) is 0.600. The largest absolute Gasteiger partial charge is 0.497 e. The molecule has 0 radical (unpaired) electrons. The van der Waals surface area contributed by atoms with Crippen molar-refractivity contribution in [3.63, 3.8) is 0 Å². The Morgan fingerprint density at radius 2 is 1.85 bits per heavy atom. The van der Waals surface area contributed by atoms with E-state index in [1.54, 1.807) is 20.3 Å². The zero-order valence-electron chi connectivity index (χ0n) is 12.0. The van der Waals surface area contributed by atoms with Crippen molar-refractivity contribution in [2.45, 2.75) is 37.8 Å². The van der Waals surface area contributed by atoms with Crippen molar-refractivity contribution in [1.82, 2.24) is 0 Å². The van der Waals surface area contributed by atoms with E-state index < -0.39 is 12.1 Å². The monoisotopic (exact) mass is 301 g/mol. The first kappa shape index (κ1) is 17.1. The molecular formula is C15H24ClNO3. The zero-order valence-corrected chi connectivity index (χ0v) is 12.9. The van der Waals surface area contributed by atoms with Crippen LogP contribution in [0.25, 0.3) is 0 Å². The molecule has 0 aromatic heterocycles. The van der Waals surface area contributed by atoms with Crippen LogP contribution >= 0.6 is 12.4 Å². The van der Waals surface area contributed by atoms with Crippen LogP contribution in [-0.2, 0) is 0 Å². The normalized spacial score (nSPS) is 18.2. The first-order chi connectivity index (χ1) is 9.17. The predicted octanol–water partition coefficient (Wildman–Crippen LogP) is 2.68. The molecule has 4 nitrogen and oxygen atoms in total. The summed E-state index contributed by atoms with van der Waals surface area (Å²) in [6.45, 7) is 0. The van der Waals surface area contributed by atoms with Crippen molar-refractivity contribution in [2.24, 2.45) is 11.7 Å². The molecule has 0 spiro atoms. The molecular weight excluding hydrogens is 278 g/mol. The molecule has 1 fully saturated rings. The SMILES string of the molecule is COc1ccc([C@H](N)[C@H](O)C2CCCC2)c(OC)c1.Cl. The Morgan fingerprint density at radius 3 is 2.40 bits per heavy atom. The molecule has 0 heterocycles. The van der Waals surface area contributed by atoms with Gasteiger partial charge in [0.1, 0.15) is 11.5 Å². The zero-order chi connectivity index (χ0) is 13.8. The third kappa shape index (κ3) is 3.57. The van der Waals surface area contributed by atoms with Crippen LogP contribution in [0.2, 0.25) is 0 Å². The maximum atomic E-state index is 10.4. The number of aliphatic hydroxyl groups excluding tert-OH is 1. The molecule has 1 saturated carbocycles. The minimum Gasteiger partial charge on any atom is -0.497 e. The van der Waals surface area contributed by atoms with Gasteiger partial charge in [-0.3, -0.25) is 0 Å². The fourth-order valence-corrected chi connectivity index (χ4v) is 2.87. The smallest absolute Gasteiger partial charge is 0.127 e. The second-order valence-corrected chi connectivity index (χ2v) is 5.17. The van der Waals surface area contributed by atoms with E-state index in [1.807, 2.05) is 12.1 Å². The molecule has 1 aliphatic rings. The summed E-state index contributed by atoms with van der Waals surface area (Å²) in [5.41, 5.74) is 7.05. The highest BCUT2D eigenvalue weighted by atomic mass is 35.5. The molecule has 0 saturated heterocycles. The van der Waals surface area contributed by atoms with E-state index in [9.17, 15) is 5.11 Å². The average Bonchev–Trinajstić information content (AvgIpc) is 2.99. The number of benzene rings is 1. The van der Waals surface area contributed by atoms with Crippen molar-refractivity contribution >= 4 is 12.4 Å². The number of hydrogen-bond donors (Lipinski definition) is 2. The maximum Gasteiger partial charge on any atom is 0.127 e. The first-order valence-corrected chi connectivity index (χ1v) is 6.83. The lowest BCUT2D eigenvalue weighted by molar-refractivity contribution is 0.0836. The molecule has 5 heteroatoms. The van der Waals surface area contributed by atoms with Crippen LogP contribution in [0.4, 0.5) is 0 Å². The van der Waals surface area contributed by atoms with Crippen molar-refractivity contribution in [1.29, 1.82) is 0 Å². The number of nitrogens with two attached hydrogens (primary N) is 1. The van der Waals surface area contributed by atoms with Gasteiger partial charge >= 0.3 is 0 Å². The summed E-state index contributed by atoms with van der Waals surface area (Å²) in [6.07, 6.45) is 3.99. The van der Waals surface area contributed by atoms with Gasteiger partial charge in [0.15, 0.2) is 0 Å². The van der Waals surface area contributed by atoms with Crippen LogP contribution in [0, 0.1) is 5.92 Å². The second kappa shape index (κ2) is 7.72. The van der Waals surface area contributed by atoms with Crippen molar-refractivity contribution in [3.05, 3.63) is 23.8 Å². The highest BCUT2D eigenvalue weighted by Gasteiger charge is 2.30. The Hall–Kier alpha value is -0.970. The highest BCUT2D eigenvalue weighted by molar-refractivity contribution is 5.85. The molecule has 1 aliphatic carbocycles. The molecule has 1 aromatic rings. The van der Waals surface area contributed by atoms with Crippen LogP contribution in [0.1, 0.15) is 37.3 Å². The first-order valence-electron chi connectivity index (χ1n) is 6.83. The van der Waals surface area contributed by atoms with Gasteiger partial charge in [0.25, 0.3) is 0 Å². The number of methoxy groups -OCH3 is 2. The molecule has 0 bridgehead atoms. The van der Waals surface area contributed by atoms with Crippen LogP contribution in [0.15, 0.2) is 18.2 Å². The molecule has 20 heavy (non-hydrogen) atoms.